The fourth-order valence-corrected chi connectivity index (χ4v) is 2.58. The number of thiazole rings is 1. The Morgan fingerprint density at radius 1 is 1.47 bits per heavy atom. The van der Waals surface area contributed by atoms with E-state index in [1.54, 1.807) is 11.3 Å². The molecule has 0 aromatic carbocycles. The minimum Gasteiger partial charge on any atom is -0.383 e. The maximum atomic E-state index is 5.66. The molecule has 0 fully saturated rings. The van der Waals surface area contributed by atoms with Crippen LogP contribution in [0.25, 0.3) is 0 Å². The maximum absolute atomic E-state index is 5.66. The molecule has 80 valence electrons. The molecular weight excluding hydrogens is 228 g/mol. The average molecular weight is 240 g/mol. The van der Waals surface area contributed by atoms with E-state index in [0.29, 0.717) is 5.82 Å². The molecule has 0 aliphatic rings. The Bertz CT molecular complexity index is 460. The lowest BCUT2D eigenvalue weighted by molar-refractivity contribution is 1.11. The standard InChI is InChI=1S/C9H12N4S2/c1-5-3-11-7(14-5)4-12-9-6(2)8(10)13-15-9/h3,12H,4H2,1-2H3,(H2,10,13). The molecule has 2 aromatic heterocycles. The molecule has 6 heteroatoms. The highest BCUT2D eigenvalue weighted by Gasteiger charge is 2.06. The summed E-state index contributed by atoms with van der Waals surface area (Å²) in [6.45, 7) is 4.76. The summed E-state index contributed by atoms with van der Waals surface area (Å²) in [4.78, 5) is 5.51. The van der Waals surface area contributed by atoms with Crippen LogP contribution in [0.3, 0.4) is 0 Å². The Kier molecular flexibility index (Phi) is 2.88. The molecule has 15 heavy (non-hydrogen) atoms. The van der Waals surface area contributed by atoms with Gasteiger partial charge in [-0.1, -0.05) is 0 Å². The SMILES string of the molecule is Cc1cnc(CNc2snc(N)c2C)s1. The lowest BCUT2D eigenvalue weighted by Gasteiger charge is -2.00. The van der Waals surface area contributed by atoms with Gasteiger partial charge in [-0.3, -0.25) is 0 Å². The van der Waals surface area contributed by atoms with E-state index in [0.717, 1.165) is 22.1 Å². The van der Waals surface area contributed by atoms with Gasteiger partial charge >= 0.3 is 0 Å². The molecule has 0 aliphatic carbocycles. The minimum atomic E-state index is 0.609. The number of anilines is 2. The summed E-state index contributed by atoms with van der Waals surface area (Å²) >= 11 is 3.09. The third-order valence-corrected chi connectivity index (χ3v) is 3.86. The molecule has 0 bridgehead atoms. The van der Waals surface area contributed by atoms with Crippen LogP contribution in [0.2, 0.25) is 0 Å². The van der Waals surface area contributed by atoms with Gasteiger partial charge in [-0.2, -0.15) is 4.37 Å². The number of nitrogens with zero attached hydrogens (tertiary/aromatic N) is 2. The van der Waals surface area contributed by atoms with Gasteiger partial charge in [0.05, 0.1) is 6.54 Å². The Labute approximate surface area is 96.3 Å². The smallest absolute Gasteiger partial charge is 0.142 e. The number of nitrogens with one attached hydrogen (secondary N) is 1. The highest BCUT2D eigenvalue weighted by atomic mass is 32.1. The predicted molar refractivity (Wildman–Crippen MR) is 65.4 cm³/mol. The van der Waals surface area contributed by atoms with E-state index in [1.165, 1.54) is 16.4 Å². The van der Waals surface area contributed by atoms with Crippen molar-refractivity contribution in [3.05, 3.63) is 21.6 Å². The molecule has 3 N–H and O–H groups in total. The summed E-state index contributed by atoms with van der Waals surface area (Å²) in [5.74, 6) is 0.609. The molecule has 0 saturated carbocycles. The van der Waals surface area contributed by atoms with Crippen molar-refractivity contribution in [2.75, 3.05) is 11.1 Å². The second kappa shape index (κ2) is 4.16. The second-order valence-corrected chi connectivity index (χ2v) is 5.33. The molecule has 0 radical (unpaired) electrons. The molecule has 2 rings (SSSR count). The summed E-state index contributed by atoms with van der Waals surface area (Å²) < 4.78 is 4.07. The zero-order chi connectivity index (χ0) is 10.8. The van der Waals surface area contributed by atoms with E-state index in [9.17, 15) is 0 Å². The van der Waals surface area contributed by atoms with Crippen molar-refractivity contribution in [1.29, 1.82) is 0 Å². The molecule has 0 saturated heterocycles. The van der Waals surface area contributed by atoms with Crippen LogP contribution in [-0.4, -0.2) is 9.36 Å². The van der Waals surface area contributed by atoms with Gasteiger partial charge in [0.2, 0.25) is 0 Å². The quantitative estimate of drug-likeness (QED) is 0.864. The number of hydrogen-bond donors (Lipinski definition) is 2. The monoisotopic (exact) mass is 240 g/mol. The Balaban J connectivity index is 2.02. The molecule has 0 unspecified atom stereocenters. The first-order chi connectivity index (χ1) is 7.16. The Morgan fingerprint density at radius 3 is 2.80 bits per heavy atom. The van der Waals surface area contributed by atoms with E-state index in [4.69, 9.17) is 5.73 Å². The third-order valence-electron chi connectivity index (χ3n) is 2.03. The molecule has 0 amide bonds. The summed E-state index contributed by atoms with van der Waals surface area (Å²) in [5.41, 5.74) is 6.68. The molecular formula is C9H12N4S2. The van der Waals surface area contributed by atoms with Gasteiger partial charge in [0, 0.05) is 16.6 Å². The van der Waals surface area contributed by atoms with Gasteiger partial charge in [-0.15, -0.1) is 11.3 Å². The van der Waals surface area contributed by atoms with Crippen molar-refractivity contribution >= 4 is 33.7 Å². The number of hydrogen-bond acceptors (Lipinski definition) is 6. The third kappa shape index (κ3) is 2.27. The van der Waals surface area contributed by atoms with Crippen LogP contribution in [0.4, 0.5) is 10.8 Å². The van der Waals surface area contributed by atoms with Crippen molar-refractivity contribution in [2.45, 2.75) is 20.4 Å². The highest BCUT2D eigenvalue weighted by Crippen LogP contribution is 2.26. The zero-order valence-electron chi connectivity index (χ0n) is 8.57. The molecule has 0 atom stereocenters. The predicted octanol–water partition coefficient (Wildman–Crippen LogP) is 2.41. The average Bonchev–Trinajstić information content (AvgIpc) is 2.74. The largest absolute Gasteiger partial charge is 0.383 e. The van der Waals surface area contributed by atoms with Crippen LogP contribution in [-0.2, 0) is 6.54 Å². The summed E-state index contributed by atoms with van der Waals surface area (Å²) in [5, 5.41) is 5.40. The topological polar surface area (TPSA) is 63.8 Å². The number of rotatable bonds is 3. The zero-order valence-corrected chi connectivity index (χ0v) is 10.2. The van der Waals surface area contributed by atoms with Gasteiger partial charge in [0.25, 0.3) is 0 Å². The van der Waals surface area contributed by atoms with Crippen LogP contribution in [0, 0.1) is 13.8 Å². The first-order valence-corrected chi connectivity index (χ1v) is 6.12. The van der Waals surface area contributed by atoms with Crippen molar-refractivity contribution in [1.82, 2.24) is 9.36 Å². The number of aryl methyl sites for hydroxylation is 1. The first kappa shape index (κ1) is 10.4. The first-order valence-electron chi connectivity index (χ1n) is 4.53. The lowest BCUT2D eigenvalue weighted by atomic mass is 10.3. The second-order valence-electron chi connectivity index (χ2n) is 3.24. The van der Waals surface area contributed by atoms with Gasteiger partial charge in [-0.25, -0.2) is 4.98 Å². The molecule has 2 aromatic rings. The van der Waals surface area contributed by atoms with E-state index in [1.807, 2.05) is 13.1 Å². The summed E-state index contributed by atoms with van der Waals surface area (Å²) in [6, 6.07) is 0. The Morgan fingerprint density at radius 2 is 2.27 bits per heavy atom. The fraction of sp³-hybridized carbons (Fsp3) is 0.333. The van der Waals surface area contributed by atoms with Gasteiger partial charge in [-0.05, 0) is 25.4 Å². The molecule has 0 aliphatic heterocycles. The van der Waals surface area contributed by atoms with Crippen LogP contribution >= 0.6 is 22.9 Å². The summed E-state index contributed by atoms with van der Waals surface area (Å²) in [7, 11) is 0. The normalized spacial score (nSPS) is 10.5. The number of nitrogen functional groups attached to an aromatic ring is 1. The van der Waals surface area contributed by atoms with Crippen molar-refractivity contribution in [3.8, 4) is 0 Å². The minimum absolute atomic E-state index is 0.609. The van der Waals surface area contributed by atoms with Crippen molar-refractivity contribution in [2.24, 2.45) is 0 Å². The van der Waals surface area contributed by atoms with E-state index in [-0.39, 0.29) is 0 Å². The number of aromatic nitrogens is 2. The fourth-order valence-electron chi connectivity index (χ4n) is 1.15. The van der Waals surface area contributed by atoms with Crippen LogP contribution < -0.4 is 11.1 Å². The van der Waals surface area contributed by atoms with Gasteiger partial charge < -0.3 is 11.1 Å². The maximum Gasteiger partial charge on any atom is 0.142 e. The van der Waals surface area contributed by atoms with E-state index < -0.39 is 0 Å². The van der Waals surface area contributed by atoms with E-state index in [2.05, 4.69) is 21.6 Å². The van der Waals surface area contributed by atoms with Crippen molar-refractivity contribution < 1.29 is 0 Å². The molecule has 4 nitrogen and oxygen atoms in total. The van der Waals surface area contributed by atoms with Crippen LogP contribution in [0.15, 0.2) is 6.20 Å². The number of nitrogens with two attached hydrogens (primary N) is 1. The molecule has 0 spiro atoms. The van der Waals surface area contributed by atoms with E-state index >= 15 is 0 Å². The lowest BCUT2D eigenvalue weighted by Crippen LogP contribution is -1.98. The summed E-state index contributed by atoms with van der Waals surface area (Å²) in [6.07, 6.45) is 1.88. The van der Waals surface area contributed by atoms with Crippen LogP contribution in [0.5, 0.6) is 0 Å². The highest BCUT2D eigenvalue weighted by molar-refractivity contribution is 7.11. The van der Waals surface area contributed by atoms with Crippen molar-refractivity contribution in [3.63, 3.8) is 0 Å². The van der Waals surface area contributed by atoms with Gasteiger partial charge in [0.15, 0.2) is 0 Å². The molecule has 2 heterocycles. The van der Waals surface area contributed by atoms with Crippen LogP contribution in [0.1, 0.15) is 15.4 Å². The van der Waals surface area contributed by atoms with Gasteiger partial charge in [0.1, 0.15) is 15.8 Å². The Hall–Kier alpha value is -1.14.